The van der Waals surface area contributed by atoms with Crippen LogP contribution in [0.5, 0.6) is 0 Å². The third-order valence-electron chi connectivity index (χ3n) is 3.99. The zero-order valence-corrected chi connectivity index (χ0v) is 14.0. The van der Waals surface area contributed by atoms with Crippen molar-refractivity contribution in [3.63, 3.8) is 0 Å². The van der Waals surface area contributed by atoms with Crippen molar-refractivity contribution < 1.29 is 17.7 Å². The van der Waals surface area contributed by atoms with Gasteiger partial charge in [-0.05, 0) is 11.6 Å². The summed E-state index contributed by atoms with van der Waals surface area (Å²) in [5.41, 5.74) is 2.42. The molecule has 0 aliphatic heterocycles. The zero-order valence-electron chi connectivity index (χ0n) is 14.0. The lowest BCUT2D eigenvalue weighted by molar-refractivity contribution is -0.159. The third kappa shape index (κ3) is 3.33. The van der Waals surface area contributed by atoms with Crippen LogP contribution in [0.25, 0.3) is 22.3 Å². The SMILES string of the molecule is Cn1cc(CNc2ncc(-c3noc(C(F)(F)F)n3)cn2)c2ccccc21. The molecular formula is C17H13F3N6O. The molecular weight excluding hydrogens is 361 g/mol. The molecule has 0 radical (unpaired) electrons. The van der Waals surface area contributed by atoms with Crippen LogP contribution in [-0.2, 0) is 19.8 Å². The third-order valence-corrected chi connectivity index (χ3v) is 3.99. The van der Waals surface area contributed by atoms with E-state index >= 15 is 0 Å². The number of para-hydroxylation sites is 1. The van der Waals surface area contributed by atoms with E-state index in [-0.39, 0.29) is 11.4 Å². The summed E-state index contributed by atoms with van der Waals surface area (Å²) in [6.45, 7) is 0.501. The normalized spacial score (nSPS) is 11.9. The molecule has 4 aromatic rings. The van der Waals surface area contributed by atoms with Crippen molar-refractivity contribution in [2.75, 3.05) is 5.32 Å². The van der Waals surface area contributed by atoms with Gasteiger partial charge in [-0.25, -0.2) is 9.97 Å². The van der Waals surface area contributed by atoms with E-state index in [0.29, 0.717) is 12.5 Å². The average molecular weight is 374 g/mol. The van der Waals surface area contributed by atoms with Crippen LogP contribution in [0.3, 0.4) is 0 Å². The molecule has 3 heterocycles. The molecule has 0 fully saturated rings. The van der Waals surface area contributed by atoms with Gasteiger partial charge in [0.1, 0.15) is 0 Å². The van der Waals surface area contributed by atoms with Gasteiger partial charge >= 0.3 is 12.1 Å². The first-order valence-electron chi connectivity index (χ1n) is 7.92. The minimum atomic E-state index is -4.69. The highest BCUT2D eigenvalue weighted by Gasteiger charge is 2.38. The number of benzene rings is 1. The lowest BCUT2D eigenvalue weighted by Gasteiger charge is -2.04. The van der Waals surface area contributed by atoms with Crippen LogP contribution in [0.15, 0.2) is 47.4 Å². The number of rotatable bonds is 4. The molecule has 3 aromatic heterocycles. The Balaban J connectivity index is 1.49. The lowest BCUT2D eigenvalue weighted by atomic mass is 10.2. The Bertz CT molecular complexity index is 1080. The van der Waals surface area contributed by atoms with Gasteiger partial charge in [-0.2, -0.15) is 18.2 Å². The summed E-state index contributed by atoms with van der Waals surface area (Å²) in [5, 5.41) is 7.52. The summed E-state index contributed by atoms with van der Waals surface area (Å²) in [5.74, 6) is -1.29. The first-order valence-corrected chi connectivity index (χ1v) is 7.92. The molecule has 1 aromatic carbocycles. The smallest absolute Gasteiger partial charge is 0.350 e. The zero-order chi connectivity index (χ0) is 19.0. The van der Waals surface area contributed by atoms with Crippen LogP contribution >= 0.6 is 0 Å². The highest BCUT2D eigenvalue weighted by Crippen LogP contribution is 2.29. The first kappa shape index (κ1) is 17.0. The van der Waals surface area contributed by atoms with E-state index in [9.17, 15) is 13.2 Å². The number of anilines is 1. The molecule has 138 valence electrons. The number of aryl methyl sites for hydroxylation is 1. The molecule has 0 aliphatic carbocycles. The molecule has 4 rings (SSSR count). The molecule has 0 amide bonds. The predicted molar refractivity (Wildman–Crippen MR) is 90.6 cm³/mol. The minimum absolute atomic E-state index is 0.220. The standard InChI is InChI=1S/C17H13F3N6O/c1-26-9-11(12-4-2-3-5-13(12)26)8-23-16-21-6-10(7-22-16)14-24-15(27-25-14)17(18,19)20/h2-7,9H,8H2,1H3,(H,21,22,23). The second kappa shape index (κ2) is 6.38. The van der Waals surface area contributed by atoms with Crippen molar-refractivity contribution in [3.8, 4) is 11.4 Å². The minimum Gasteiger partial charge on any atom is -0.350 e. The molecule has 7 nitrogen and oxygen atoms in total. The van der Waals surface area contributed by atoms with E-state index in [1.165, 1.54) is 12.4 Å². The van der Waals surface area contributed by atoms with Gasteiger partial charge in [-0.1, -0.05) is 23.4 Å². The molecule has 27 heavy (non-hydrogen) atoms. The molecule has 10 heteroatoms. The Morgan fingerprint density at radius 3 is 2.59 bits per heavy atom. The fourth-order valence-corrected chi connectivity index (χ4v) is 2.73. The van der Waals surface area contributed by atoms with Crippen LogP contribution < -0.4 is 5.32 Å². The van der Waals surface area contributed by atoms with Crippen LogP contribution in [0, 0.1) is 0 Å². The maximum atomic E-state index is 12.5. The highest BCUT2D eigenvalue weighted by atomic mass is 19.4. The van der Waals surface area contributed by atoms with Crippen molar-refractivity contribution in [1.82, 2.24) is 24.7 Å². The number of fused-ring (bicyclic) bond motifs is 1. The lowest BCUT2D eigenvalue weighted by Crippen LogP contribution is -2.05. The van der Waals surface area contributed by atoms with E-state index in [2.05, 4.69) is 29.9 Å². The Labute approximate surface area is 150 Å². The van der Waals surface area contributed by atoms with Crippen molar-refractivity contribution in [1.29, 1.82) is 0 Å². The van der Waals surface area contributed by atoms with Gasteiger partial charge < -0.3 is 14.4 Å². The van der Waals surface area contributed by atoms with Gasteiger partial charge in [0, 0.05) is 43.1 Å². The molecule has 0 unspecified atom stereocenters. The Morgan fingerprint density at radius 1 is 1.15 bits per heavy atom. The Hall–Kier alpha value is -3.43. The van der Waals surface area contributed by atoms with Crippen molar-refractivity contribution in [3.05, 3.63) is 54.3 Å². The van der Waals surface area contributed by atoms with Gasteiger partial charge in [0.05, 0.1) is 5.56 Å². The summed E-state index contributed by atoms with van der Waals surface area (Å²) in [6, 6.07) is 8.01. The first-order chi connectivity index (χ1) is 12.9. The summed E-state index contributed by atoms with van der Waals surface area (Å²) < 4.78 is 43.8. The number of hydrogen-bond acceptors (Lipinski definition) is 6. The van der Waals surface area contributed by atoms with Crippen LogP contribution in [0.1, 0.15) is 11.5 Å². The number of nitrogens with zero attached hydrogens (tertiary/aromatic N) is 5. The molecule has 1 N–H and O–H groups in total. The molecule has 0 saturated carbocycles. The van der Waals surface area contributed by atoms with E-state index < -0.39 is 12.1 Å². The van der Waals surface area contributed by atoms with Gasteiger partial charge in [-0.3, -0.25) is 0 Å². The summed E-state index contributed by atoms with van der Waals surface area (Å²) in [6.07, 6.45) is 0.00294. The summed E-state index contributed by atoms with van der Waals surface area (Å²) in [4.78, 5) is 11.5. The maximum absolute atomic E-state index is 12.5. The van der Waals surface area contributed by atoms with E-state index in [4.69, 9.17) is 0 Å². The maximum Gasteiger partial charge on any atom is 0.471 e. The molecule has 0 bridgehead atoms. The second-order valence-corrected chi connectivity index (χ2v) is 5.85. The van der Waals surface area contributed by atoms with Crippen molar-refractivity contribution >= 4 is 16.9 Å². The number of halogens is 3. The fraction of sp³-hybridized carbons (Fsp3) is 0.176. The van der Waals surface area contributed by atoms with Crippen molar-refractivity contribution in [2.45, 2.75) is 12.7 Å². The van der Waals surface area contributed by atoms with Crippen LogP contribution in [0.2, 0.25) is 0 Å². The quantitative estimate of drug-likeness (QED) is 0.587. The number of aromatic nitrogens is 5. The second-order valence-electron chi connectivity index (χ2n) is 5.85. The van der Waals surface area contributed by atoms with Crippen molar-refractivity contribution in [2.24, 2.45) is 7.05 Å². The summed E-state index contributed by atoms with van der Waals surface area (Å²) in [7, 11) is 1.97. The molecule has 0 atom stereocenters. The van der Waals surface area contributed by atoms with Gasteiger partial charge in [0.25, 0.3) is 0 Å². The number of alkyl halides is 3. The topological polar surface area (TPSA) is 81.7 Å². The van der Waals surface area contributed by atoms with E-state index in [1.54, 1.807) is 0 Å². The van der Waals surface area contributed by atoms with Crippen LogP contribution in [0.4, 0.5) is 19.1 Å². The monoisotopic (exact) mass is 374 g/mol. The molecule has 0 saturated heterocycles. The fourth-order valence-electron chi connectivity index (χ4n) is 2.73. The van der Waals surface area contributed by atoms with Gasteiger partial charge in [0.2, 0.25) is 11.8 Å². The summed E-state index contributed by atoms with van der Waals surface area (Å²) >= 11 is 0. The average Bonchev–Trinajstić information content (AvgIpc) is 3.26. The Kier molecular flexibility index (Phi) is 4.02. The number of nitrogens with one attached hydrogen (secondary N) is 1. The van der Waals surface area contributed by atoms with Gasteiger partial charge in [-0.15, -0.1) is 0 Å². The largest absolute Gasteiger partial charge is 0.471 e. The van der Waals surface area contributed by atoms with Gasteiger partial charge in [0.15, 0.2) is 0 Å². The van der Waals surface area contributed by atoms with E-state index in [1.807, 2.05) is 42.1 Å². The van der Waals surface area contributed by atoms with Crippen LogP contribution in [-0.4, -0.2) is 24.7 Å². The van der Waals surface area contributed by atoms with E-state index in [0.717, 1.165) is 16.5 Å². The molecule has 0 aliphatic rings. The number of hydrogen-bond donors (Lipinski definition) is 1. The highest BCUT2D eigenvalue weighted by molar-refractivity contribution is 5.84. The Morgan fingerprint density at radius 2 is 1.89 bits per heavy atom. The molecule has 0 spiro atoms. The predicted octanol–water partition coefficient (Wildman–Crippen LogP) is 3.65.